The summed E-state index contributed by atoms with van der Waals surface area (Å²) in [5.41, 5.74) is 0. The van der Waals surface area contributed by atoms with E-state index in [1.807, 2.05) is 0 Å². The van der Waals surface area contributed by atoms with Gasteiger partial charge in [0.2, 0.25) is 0 Å². The standard InChI is InChI=1S/C12H23N3/c1-10(2)8-15-9-11(3)6-14-7-12(15)4-5-13/h10-12,14H,4,6-9H2,1-3H3. The molecule has 2 atom stereocenters. The van der Waals surface area contributed by atoms with Crippen molar-refractivity contribution >= 4 is 0 Å². The Morgan fingerprint density at radius 3 is 2.80 bits per heavy atom. The van der Waals surface area contributed by atoms with Crippen LogP contribution in [0.25, 0.3) is 0 Å². The zero-order valence-electron chi connectivity index (χ0n) is 10.2. The molecule has 1 N–H and O–H groups in total. The second-order valence-corrected chi connectivity index (χ2v) is 5.13. The first-order valence-electron chi connectivity index (χ1n) is 5.95. The summed E-state index contributed by atoms with van der Waals surface area (Å²) in [7, 11) is 0. The van der Waals surface area contributed by atoms with Crippen LogP contribution in [0, 0.1) is 23.2 Å². The van der Waals surface area contributed by atoms with Gasteiger partial charge in [-0.1, -0.05) is 20.8 Å². The first kappa shape index (κ1) is 12.5. The second-order valence-electron chi connectivity index (χ2n) is 5.13. The maximum Gasteiger partial charge on any atom is 0.0638 e. The highest BCUT2D eigenvalue weighted by Crippen LogP contribution is 2.13. The van der Waals surface area contributed by atoms with E-state index in [1.54, 1.807) is 0 Å². The third-order valence-corrected chi connectivity index (χ3v) is 2.86. The zero-order valence-corrected chi connectivity index (χ0v) is 10.2. The van der Waals surface area contributed by atoms with Crippen LogP contribution in [0.5, 0.6) is 0 Å². The molecule has 2 unspecified atom stereocenters. The number of nitrogens with one attached hydrogen (secondary N) is 1. The van der Waals surface area contributed by atoms with Crippen molar-refractivity contribution in [3.8, 4) is 6.07 Å². The van der Waals surface area contributed by atoms with E-state index in [0.29, 0.717) is 24.3 Å². The quantitative estimate of drug-likeness (QED) is 0.765. The molecule has 15 heavy (non-hydrogen) atoms. The third kappa shape index (κ3) is 4.19. The van der Waals surface area contributed by atoms with E-state index in [1.165, 1.54) is 0 Å². The highest BCUT2D eigenvalue weighted by atomic mass is 15.2. The first-order chi connectivity index (χ1) is 7.13. The smallest absolute Gasteiger partial charge is 0.0638 e. The summed E-state index contributed by atoms with van der Waals surface area (Å²) >= 11 is 0. The van der Waals surface area contributed by atoms with Crippen molar-refractivity contribution in [2.45, 2.75) is 33.2 Å². The predicted octanol–water partition coefficient (Wildman–Crippen LogP) is 1.47. The van der Waals surface area contributed by atoms with Crippen molar-refractivity contribution in [2.24, 2.45) is 11.8 Å². The Morgan fingerprint density at radius 2 is 2.20 bits per heavy atom. The van der Waals surface area contributed by atoms with Crippen molar-refractivity contribution in [1.29, 1.82) is 5.26 Å². The monoisotopic (exact) mass is 209 g/mol. The minimum atomic E-state index is 0.405. The number of nitrogens with zero attached hydrogens (tertiary/aromatic N) is 2. The van der Waals surface area contributed by atoms with Crippen LogP contribution < -0.4 is 5.32 Å². The fraction of sp³-hybridized carbons (Fsp3) is 0.917. The molecule has 0 bridgehead atoms. The maximum atomic E-state index is 8.82. The Kier molecular flexibility index (Phi) is 5.07. The fourth-order valence-corrected chi connectivity index (χ4v) is 2.24. The highest BCUT2D eigenvalue weighted by Gasteiger charge is 2.23. The van der Waals surface area contributed by atoms with E-state index in [9.17, 15) is 0 Å². The van der Waals surface area contributed by atoms with E-state index in [0.717, 1.165) is 26.2 Å². The topological polar surface area (TPSA) is 39.1 Å². The van der Waals surface area contributed by atoms with Crippen molar-refractivity contribution < 1.29 is 0 Å². The summed E-state index contributed by atoms with van der Waals surface area (Å²) in [5, 5.41) is 12.3. The molecule has 1 fully saturated rings. The summed E-state index contributed by atoms with van der Waals surface area (Å²) in [5.74, 6) is 1.36. The van der Waals surface area contributed by atoms with Gasteiger partial charge >= 0.3 is 0 Å². The second kappa shape index (κ2) is 6.09. The predicted molar refractivity (Wildman–Crippen MR) is 62.5 cm³/mol. The zero-order chi connectivity index (χ0) is 11.3. The van der Waals surface area contributed by atoms with Gasteiger partial charge in [0.05, 0.1) is 12.5 Å². The molecule has 0 spiro atoms. The van der Waals surface area contributed by atoms with Gasteiger partial charge < -0.3 is 5.32 Å². The molecule has 1 rings (SSSR count). The molecule has 0 aromatic carbocycles. The number of hydrogen-bond donors (Lipinski definition) is 1. The van der Waals surface area contributed by atoms with Gasteiger partial charge in [-0.05, 0) is 18.4 Å². The van der Waals surface area contributed by atoms with Gasteiger partial charge in [-0.25, -0.2) is 0 Å². The van der Waals surface area contributed by atoms with Gasteiger partial charge in [0.1, 0.15) is 0 Å². The molecule has 0 aromatic rings. The van der Waals surface area contributed by atoms with Crippen LogP contribution in [-0.2, 0) is 0 Å². The molecule has 0 amide bonds. The Labute approximate surface area is 93.5 Å². The Hall–Kier alpha value is -0.590. The highest BCUT2D eigenvalue weighted by molar-refractivity contribution is 4.87. The molecule has 1 heterocycles. The van der Waals surface area contributed by atoms with Crippen molar-refractivity contribution in [2.75, 3.05) is 26.2 Å². The van der Waals surface area contributed by atoms with Gasteiger partial charge in [-0.3, -0.25) is 4.90 Å². The molecule has 3 nitrogen and oxygen atoms in total. The molecule has 0 aromatic heterocycles. The first-order valence-corrected chi connectivity index (χ1v) is 5.95. The summed E-state index contributed by atoms with van der Waals surface area (Å²) in [6, 6.07) is 2.71. The largest absolute Gasteiger partial charge is 0.315 e. The minimum Gasteiger partial charge on any atom is -0.315 e. The summed E-state index contributed by atoms with van der Waals surface area (Å²) in [6.07, 6.45) is 0.645. The van der Waals surface area contributed by atoms with E-state index in [4.69, 9.17) is 5.26 Å². The summed E-state index contributed by atoms with van der Waals surface area (Å²) in [6.45, 7) is 11.0. The lowest BCUT2D eigenvalue weighted by Crippen LogP contribution is -2.41. The van der Waals surface area contributed by atoms with Crippen LogP contribution in [0.15, 0.2) is 0 Å². The van der Waals surface area contributed by atoms with E-state index in [2.05, 4.69) is 37.1 Å². The lowest BCUT2D eigenvalue weighted by molar-refractivity contribution is 0.173. The normalized spacial score (nSPS) is 28.7. The number of rotatable bonds is 3. The Bertz CT molecular complexity index is 219. The van der Waals surface area contributed by atoms with Crippen molar-refractivity contribution in [1.82, 2.24) is 10.2 Å². The molecule has 1 aliphatic heterocycles. The van der Waals surface area contributed by atoms with E-state index < -0.39 is 0 Å². The molecule has 0 aliphatic carbocycles. The molecule has 0 radical (unpaired) electrons. The fourth-order valence-electron chi connectivity index (χ4n) is 2.24. The number of hydrogen-bond acceptors (Lipinski definition) is 3. The van der Waals surface area contributed by atoms with Gasteiger partial charge in [0.25, 0.3) is 0 Å². The van der Waals surface area contributed by atoms with Gasteiger partial charge in [-0.15, -0.1) is 0 Å². The molecule has 0 saturated carbocycles. The average Bonchev–Trinajstić information content (AvgIpc) is 2.29. The van der Waals surface area contributed by atoms with Gasteiger partial charge in [-0.2, -0.15) is 5.26 Å². The van der Waals surface area contributed by atoms with E-state index in [-0.39, 0.29) is 0 Å². The summed E-state index contributed by atoms with van der Waals surface area (Å²) < 4.78 is 0. The lowest BCUT2D eigenvalue weighted by Gasteiger charge is -2.30. The van der Waals surface area contributed by atoms with Crippen LogP contribution in [0.4, 0.5) is 0 Å². The minimum absolute atomic E-state index is 0.405. The molecule has 1 saturated heterocycles. The van der Waals surface area contributed by atoms with E-state index >= 15 is 0 Å². The van der Waals surface area contributed by atoms with Crippen LogP contribution in [-0.4, -0.2) is 37.1 Å². The average molecular weight is 209 g/mol. The molecular formula is C12H23N3. The van der Waals surface area contributed by atoms with Crippen LogP contribution >= 0.6 is 0 Å². The van der Waals surface area contributed by atoms with Crippen molar-refractivity contribution in [3.05, 3.63) is 0 Å². The van der Waals surface area contributed by atoms with Crippen LogP contribution in [0.1, 0.15) is 27.2 Å². The summed E-state index contributed by atoms with van der Waals surface area (Å²) in [4.78, 5) is 2.48. The van der Waals surface area contributed by atoms with Crippen LogP contribution in [0.3, 0.4) is 0 Å². The molecule has 3 heteroatoms. The molecule has 86 valence electrons. The SMILES string of the molecule is CC(C)CN1CC(C)CNCC1CC#N. The Morgan fingerprint density at radius 1 is 1.47 bits per heavy atom. The van der Waals surface area contributed by atoms with Gasteiger partial charge in [0.15, 0.2) is 0 Å². The number of nitriles is 1. The Balaban J connectivity index is 2.59. The van der Waals surface area contributed by atoms with Crippen molar-refractivity contribution in [3.63, 3.8) is 0 Å². The lowest BCUT2D eigenvalue weighted by atomic mass is 10.1. The van der Waals surface area contributed by atoms with Crippen LogP contribution in [0.2, 0.25) is 0 Å². The maximum absolute atomic E-state index is 8.82. The van der Waals surface area contributed by atoms with Gasteiger partial charge in [0, 0.05) is 25.7 Å². The third-order valence-electron chi connectivity index (χ3n) is 2.86. The molecular weight excluding hydrogens is 186 g/mol. The molecule has 1 aliphatic rings.